The van der Waals surface area contributed by atoms with Crippen molar-refractivity contribution in [2.45, 2.75) is 0 Å². The van der Waals surface area contributed by atoms with Gasteiger partial charge in [-0.15, -0.1) is 0 Å². The highest BCUT2D eigenvalue weighted by molar-refractivity contribution is 6.08. The van der Waals surface area contributed by atoms with Crippen LogP contribution >= 0.6 is 0 Å². The first-order valence-corrected chi connectivity index (χ1v) is 3.63. The van der Waals surface area contributed by atoms with Crippen LogP contribution in [-0.4, -0.2) is 22.8 Å². The van der Waals surface area contributed by atoms with Gasteiger partial charge in [0.1, 0.15) is 0 Å². The van der Waals surface area contributed by atoms with E-state index in [0.29, 0.717) is 5.56 Å². The van der Waals surface area contributed by atoms with Crippen LogP contribution in [0.15, 0.2) is 25.0 Å². The van der Waals surface area contributed by atoms with Crippen molar-refractivity contribution in [3.8, 4) is 0 Å². The van der Waals surface area contributed by atoms with E-state index < -0.39 is 0 Å². The number of fused-ring (bicyclic) bond motifs is 1. The summed E-state index contributed by atoms with van der Waals surface area (Å²) in [7, 11) is 1.71. The van der Waals surface area contributed by atoms with Crippen LogP contribution in [0.5, 0.6) is 0 Å². The maximum atomic E-state index is 11.4. The van der Waals surface area contributed by atoms with Gasteiger partial charge in [0.25, 0.3) is 5.91 Å². The zero-order valence-corrected chi connectivity index (χ0v) is 6.74. The van der Waals surface area contributed by atoms with Crippen molar-refractivity contribution < 1.29 is 4.79 Å². The lowest BCUT2D eigenvalue weighted by molar-refractivity contribution is 0.0875. The molecule has 0 aliphatic carbocycles. The predicted molar refractivity (Wildman–Crippen MR) is 45.4 cm³/mol. The molecular formula is C9H8N2O. The highest BCUT2D eigenvalue weighted by atomic mass is 16.2. The van der Waals surface area contributed by atoms with Crippen molar-refractivity contribution in [3.05, 3.63) is 36.2 Å². The summed E-state index contributed by atoms with van der Waals surface area (Å²) in [4.78, 5) is 16.9. The largest absolute Gasteiger partial charge is 0.311 e. The number of nitrogens with zero attached hydrogens (tertiary/aromatic N) is 2. The molecule has 2 rings (SSSR count). The second-order valence-electron chi connectivity index (χ2n) is 2.73. The van der Waals surface area contributed by atoms with Crippen LogP contribution in [0.3, 0.4) is 0 Å². The first kappa shape index (κ1) is 7.03. The third-order valence-electron chi connectivity index (χ3n) is 2.07. The molecule has 3 heteroatoms. The average molecular weight is 160 g/mol. The molecule has 1 aromatic heterocycles. The fourth-order valence-electron chi connectivity index (χ4n) is 1.29. The molecule has 1 amide bonds. The minimum atomic E-state index is -0.00241. The lowest BCUT2D eigenvalue weighted by Crippen LogP contribution is -2.16. The molecule has 0 unspecified atom stereocenters. The summed E-state index contributed by atoms with van der Waals surface area (Å²) < 4.78 is 0. The Balaban J connectivity index is 2.67. The molecule has 0 atom stereocenters. The second-order valence-corrected chi connectivity index (χ2v) is 2.73. The van der Waals surface area contributed by atoms with Gasteiger partial charge in [-0.3, -0.25) is 9.78 Å². The Bertz CT molecular complexity index is 336. The molecule has 0 spiro atoms. The molecule has 60 valence electrons. The maximum Gasteiger partial charge on any atom is 0.258 e. The van der Waals surface area contributed by atoms with E-state index in [9.17, 15) is 4.79 Å². The topological polar surface area (TPSA) is 33.2 Å². The Hall–Kier alpha value is -1.64. The molecule has 0 saturated carbocycles. The Morgan fingerprint density at radius 2 is 2.25 bits per heavy atom. The van der Waals surface area contributed by atoms with Crippen LogP contribution < -0.4 is 0 Å². The summed E-state index contributed by atoms with van der Waals surface area (Å²) in [6.07, 6.45) is 3.28. The standard InChI is InChI=1S/C9H8N2O/c1-6-8-5-10-4-3-7(8)9(12)11(6)2/h3-5H,1H2,2H3. The quantitative estimate of drug-likeness (QED) is 0.570. The minimum absolute atomic E-state index is 0.00241. The number of carbonyl (C=O) groups is 1. The number of rotatable bonds is 0. The van der Waals surface area contributed by atoms with Gasteiger partial charge >= 0.3 is 0 Å². The molecular weight excluding hydrogens is 152 g/mol. The Kier molecular flexibility index (Phi) is 1.27. The van der Waals surface area contributed by atoms with E-state index in [2.05, 4.69) is 11.6 Å². The third-order valence-corrected chi connectivity index (χ3v) is 2.07. The first-order chi connectivity index (χ1) is 5.72. The summed E-state index contributed by atoms with van der Waals surface area (Å²) >= 11 is 0. The van der Waals surface area contributed by atoms with Crippen molar-refractivity contribution in [2.24, 2.45) is 0 Å². The lowest BCUT2D eigenvalue weighted by atomic mass is 10.1. The third kappa shape index (κ3) is 0.704. The van der Waals surface area contributed by atoms with Crippen LogP contribution in [0, 0.1) is 0 Å². The van der Waals surface area contributed by atoms with Gasteiger partial charge in [-0.05, 0) is 6.07 Å². The molecule has 0 bridgehead atoms. The number of hydrogen-bond donors (Lipinski definition) is 0. The van der Waals surface area contributed by atoms with Gasteiger partial charge in [-0.1, -0.05) is 6.58 Å². The molecule has 12 heavy (non-hydrogen) atoms. The molecule has 3 nitrogen and oxygen atoms in total. The van der Waals surface area contributed by atoms with Crippen LogP contribution in [-0.2, 0) is 0 Å². The van der Waals surface area contributed by atoms with Crippen molar-refractivity contribution in [2.75, 3.05) is 7.05 Å². The molecule has 1 aromatic rings. The fourth-order valence-corrected chi connectivity index (χ4v) is 1.29. The maximum absolute atomic E-state index is 11.4. The van der Waals surface area contributed by atoms with Gasteiger partial charge in [-0.25, -0.2) is 0 Å². The van der Waals surface area contributed by atoms with Crippen LogP contribution in [0.1, 0.15) is 15.9 Å². The molecule has 0 aromatic carbocycles. The zero-order valence-electron chi connectivity index (χ0n) is 6.74. The van der Waals surface area contributed by atoms with Gasteiger partial charge in [0.05, 0.1) is 5.56 Å². The molecule has 0 fully saturated rings. The van der Waals surface area contributed by atoms with Crippen LogP contribution in [0.2, 0.25) is 0 Å². The fraction of sp³-hybridized carbons (Fsp3) is 0.111. The van der Waals surface area contributed by atoms with Gasteiger partial charge < -0.3 is 4.90 Å². The highest BCUT2D eigenvalue weighted by Crippen LogP contribution is 2.28. The van der Waals surface area contributed by atoms with Crippen molar-refractivity contribution in [1.29, 1.82) is 0 Å². The Morgan fingerprint density at radius 1 is 1.50 bits per heavy atom. The van der Waals surface area contributed by atoms with Gasteiger partial charge in [0, 0.05) is 30.7 Å². The van der Waals surface area contributed by atoms with E-state index in [-0.39, 0.29) is 5.91 Å². The van der Waals surface area contributed by atoms with Crippen molar-refractivity contribution >= 4 is 11.6 Å². The Labute approximate surface area is 70.3 Å². The number of hydrogen-bond acceptors (Lipinski definition) is 2. The number of amides is 1. The van der Waals surface area contributed by atoms with E-state index in [0.717, 1.165) is 11.3 Å². The van der Waals surface area contributed by atoms with E-state index in [1.807, 2.05) is 0 Å². The monoisotopic (exact) mass is 160 g/mol. The van der Waals surface area contributed by atoms with Crippen molar-refractivity contribution in [3.63, 3.8) is 0 Å². The molecule has 1 aliphatic rings. The van der Waals surface area contributed by atoms with Crippen molar-refractivity contribution in [1.82, 2.24) is 9.88 Å². The highest BCUT2D eigenvalue weighted by Gasteiger charge is 2.27. The number of aromatic nitrogens is 1. The Morgan fingerprint density at radius 3 is 2.92 bits per heavy atom. The summed E-state index contributed by atoms with van der Waals surface area (Å²) in [5.74, 6) is -0.00241. The molecule has 1 aliphatic heterocycles. The predicted octanol–water partition coefficient (Wildman–Crippen LogP) is 1.14. The van der Waals surface area contributed by atoms with Gasteiger partial charge in [-0.2, -0.15) is 0 Å². The molecule has 0 radical (unpaired) electrons. The van der Waals surface area contributed by atoms with Gasteiger partial charge in [0.15, 0.2) is 0 Å². The van der Waals surface area contributed by atoms with Crippen LogP contribution in [0.25, 0.3) is 5.70 Å². The first-order valence-electron chi connectivity index (χ1n) is 3.63. The smallest absolute Gasteiger partial charge is 0.258 e. The van der Waals surface area contributed by atoms with Crippen LogP contribution in [0.4, 0.5) is 0 Å². The second kappa shape index (κ2) is 2.17. The number of pyridine rings is 1. The zero-order chi connectivity index (χ0) is 8.72. The molecule has 2 heterocycles. The summed E-state index contributed by atoms with van der Waals surface area (Å²) in [5.41, 5.74) is 2.26. The SMILES string of the molecule is C=C1c2cnccc2C(=O)N1C. The average Bonchev–Trinajstić information content (AvgIpc) is 2.33. The summed E-state index contributed by atoms with van der Waals surface area (Å²) in [6, 6.07) is 1.71. The summed E-state index contributed by atoms with van der Waals surface area (Å²) in [6.45, 7) is 3.79. The van der Waals surface area contributed by atoms with E-state index in [1.54, 1.807) is 25.5 Å². The van der Waals surface area contributed by atoms with Gasteiger partial charge in [0.2, 0.25) is 0 Å². The molecule has 0 saturated heterocycles. The minimum Gasteiger partial charge on any atom is -0.311 e. The van der Waals surface area contributed by atoms with E-state index in [1.165, 1.54) is 4.90 Å². The summed E-state index contributed by atoms with van der Waals surface area (Å²) in [5, 5.41) is 0. The normalized spacial score (nSPS) is 15.2. The number of carbonyl (C=O) groups excluding carboxylic acids is 1. The lowest BCUT2D eigenvalue weighted by Gasteiger charge is -2.07. The molecule has 0 N–H and O–H groups in total. The van der Waals surface area contributed by atoms with E-state index in [4.69, 9.17) is 0 Å². The van der Waals surface area contributed by atoms with E-state index >= 15 is 0 Å².